The Morgan fingerprint density at radius 3 is 2.56 bits per heavy atom. The van der Waals surface area contributed by atoms with Crippen molar-refractivity contribution in [1.29, 1.82) is 0 Å². The number of nitrogens with one attached hydrogen (secondary N) is 1. The number of aromatic nitrogens is 3. The van der Waals surface area contributed by atoms with E-state index in [1.54, 1.807) is 23.9 Å². The standard InChI is InChI=1S/C25H22Cl2N4OS2/c1-17-6-5-7-18(12-17)15-34-25-30-29-23(31(25)22-11-10-19(26)13-21(22)27)14-28-24(32)16-33-20-8-3-2-4-9-20/h2-13H,14-16H2,1H3,(H,28,32). The number of aryl methyl sites for hydroxylation is 1. The summed E-state index contributed by atoms with van der Waals surface area (Å²) in [6.45, 7) is 2.30. The van der Waals surface area contributed by atoms with E-state index in [2.05, 4.69) is 40.6 Å². The summed E-state index contributed by atoms with van der Waals surface area (Å²) >= 11 is 15.7. The second-order valence-electron chi connectivity index (χ2n) is 7.49. The molecule has 0 aliphatic rings. The number of nitrogens with zero attached hydrogens (tertiary/aromatic N) is 3. The molecule has 174 valence electrons. The van der Waals surface area contributed by atoms with Gasteiger partial charge in [0, 0.05) is 15.7 Å². The molecule has 4 rings (SSSR count). The number of carbonyl (C=O) groups excluding carboxylic acids is 1. The van der Waals surface area contributed by atoms with Gasteiger partial charge in [-0.15, -0.1) is 22.0 Å². The molecule has 0 saturated heterocycles. The van der Waals surface area contributed by atoms with Gasteiger partial charge < -0.3 is 5.32 Å². The lowest BCUT2D eigenvalue weighted by atomic mass is 10.2. The Kier molecular flexibility index (Phi) is 8.56. The van der Waals surface area contributed by atoms with E-state index in [0.29, 0.717) is 32.5 Å². The van der Waals surface area contributed by atoms with Crippen LogP contribution in [0, 0.1) is 6.92 Å². The summed E-state index contributed by atoms with van der Waals surface area (Å²) in [5, 5.41) is 13.4. The highest BCUT2D eigenvalue weighted by Crippen LogP contribution is 2.31. The van der Waals surface area contributed by atoms with Crippen molar-refractivity contribution in [3.63, 3.8) is 0 Å². The summed E-state index contributed by atoms with van der Waals surface area (Å²) in [4.78, 5) is 13.5. The zero-order valence-corrected chi connectivity index (χ0v) is 21.5. The molecule has 0 aliphatic heterocycles. The normalized spacial score (nSPS) is 10.9. The summed E-state index contributed by atoms with van der Waals surface area (Å²) < 4.78 is 1.88. The van der Waals surface area contributed by atoms with Crippen LogP contribution in [0.3, 0.4) is 0 Å². The molecule has 1 aromatic heterocycles. The average molecular weight is 530 g/mol. The monoisotopic (exact) mass is 528 g/mol. The minimum absolute atomic E-state index is 0.0837. The van der Waals surface area contributed by atoms with Crippen LogP contribution < -0.4 is 5.32 Å². The van der Waals surface area contributed by atoms with Crippen molar-refractivity contribution in [2.75, 3.05) is 5.75 Å². The average Bonchev–Trinajstić information content (AvgIpc) is 3.23. The highest BCUT2D eigenvalue weighted by molar-refractivity contribution is 8.00. The molecule has 0 fully saturated rings. The molecule has 0 radical (unpaired) electrons. The Hall–Kier alpha value is -2.45. The Balaban J connectivity index is 1.51. The van der Waals surface area contributed by atoms with Crippen LogP contribution in [0.4, 0.5) is 0 Å². The molecule has 0 aliphatic carbocycles. The van der Waals surface area contributed by atoms with Crippen LogP contribution in [0.1, 0.15) is 17.0 Å². The first kappa shape index (κ1) is 24.7. The molecule has 0 atom stereocenters. The Bertz CT molecular complexity index is 1280. The van der Waals surface area contributed by atoms with E-state index >= 15 is 0 Å². The maximum atomic E-state index is 12.5. The molecule has 34 heavy (non-hydrogen) atoms. The molecule has 0 saturated carbocycles. The van der Waals surface area contributed by atoms with Crippen LogP contribution >= 0.6 is 46.7 Å². The van der Waals surface area contributed by atoms with Crippen molar-refractivity contribution in [2.24, 2.45) is 0 Å². The van der Waals surface area contributed by atoms with Crippen LogP contribution in [0.15, 0.2) is 82.8 Å². The quantitative estimate of drug-likeness (QED) is 0.248. The number of amides is 1. The van der Waals surface area contributed by atoms with Crippen molar-refractivity contribution in [1.82, 2.24) is 20.1 Å². The summed E-state index contributed by atoms with van der Waals surface area (Å²) in [5.41, 5.74) is 3.11. The second kappa shape index (κ2) is 11.8. The third kappa shape index (κ3) is 6.57. The number of rotatable bonds is 9. The minimum atomic E-state index is -0.0837. The van der Waals surface area contributed by atoms with Crippen LogP contribution in [0.5, 0.6) is 0 Å². The lowest BCUT2D eigenvalue weighted by molar-refractivity contribution is -0.118. The van der Waals surface area contributed by atoms with Gasteiger partial charge in [0.25, 0.3) is 0 Å². The van der Waals surface area contributed by atoms with Crippen molar-refractivity contribution in [3.8, 4) is 5.69 Å². The summed E-state index contributed by atoms with van der Waals surface area (Å²) in [6.07, 6.45) is 0. The first-order valence-electron chi connectivity index (χ1n) is 10.5. The molecular weight excluding hydrogens is 507 g/mol. The van der Waals surface area contributed by atoms with Crippen LogP contribution in [-0.2, 0) is 17.1 Å². The Morgan fingerprint density at radius 2 is 1.79 bits per heavy atom. The summed E-state index contributed by atoms with van der Waals surface area (Å²) in [5.74, 6) is 1.55. The van der Waals surface area contributed by atoms with Gasteiger partial charge in [0.05, 0.1) is 23.0 Å². The highest BCUT2D eigenvalue weighted by atomic mass is 35.5. The van der Waals surface area contributed by atoms with Gasteiger partial charge in [0.2, 0.25) is 5.91 Å². The van der Waals surface area contributed by atoms with Gasteiger partial charge >= 0.3 is 0 Å². The summed E-state index contributed by atoms with van der Waals surface area (Å²) in [6, 6.07) is 23.5. The number of halogens is 2. The van der Waals surface area contributed by atoms with Crippen molar-refractivity contribution in [2.45, 2.75) is 29.3 Å². The van der Waals surface area contributed by atoms with Gasteiger partial charge in [-0.05, 0) is 42.8 Å². The lowest BCUT2D eigenvalue weighted by Gasteiger charge is -2.13. The molecule has 0 unspecified atom stereocenters. The number of hydrogen-bond donors (Lipinski definition) is 1. The van der Waals surface area contributed by atoms with E-state index in [0.717, 1.165) is 10.6 Å². The number of benzene rings is 3. The SMILES string of the molecule is Cc1cccc(CSc2nnc(CNC(=O)CSc3ccccc3)n2-c2ccc(Cl)cc2Cl)c1. The minimum Gasteiger partial charge on any atom is -0.348 e. The topological polar surface area (TPSA) is 59.8 Å². The predicted molar refractivity (Wildman–Crippen MR) is 141 cm³/mol. The third-order valence-corrected chi connectivity index (χ3v) is 7.41. The van der Waals surface area contributed by atoms with Gasteiger partial charge in [-0.1, -0.05) is 83.0 Å². The molecule has 4 aromatic rings. The van der Waals surface area contributed by atoms with Gasteiger partial charge in [-0.2, -0.15) is 0 Å². The van der Waals surface area contributed by atoms with E-state index < -0.39 is 0 Å². The molecular formula is C25H22Cl2N4OS2. The zero-order valence-electron chi connectivity index (χ0n) is 18.4. The molecule has 5 nitrogen and oxygen atoms in total. The van der Waals surface area contributed by atoms with Gasteiger partial charge in [0.1, 0.15) is 0 Å². The second-order valence-corrected chi connectivity index (χ2v) is 10.3. The third-order valence-electron chi connectivity index (χ3n) is 4.86. The zero-order chi connectivity index (χ0) is 23.9. The Morgan fingerprint density at radius 1 is 0.971 bits per heavy atom. The van der Waals surface area contributed by atoms with Crippen LogP contribution in [0.25, 0.3) is 5.69 Å². The molecule has 9 heteroatoms. The Labute approximate surface area is 217 Å². The fourth-order valence-electron chi connectivity index (χ4n) is 3.26. The molecule has 1 N–H and O–H groups in total. The largest absolute Gasteiger partial charge is 0.348 e. The van der Waals surface area contributed by atoms with E-state index in [1.807, 2.05) is 47.0 Å². The predicted octanol–water partition coefficient (Wildman–Crippen LogP) is 6.58. The van der Waals surface area contributed by atoms with E-state index in [1.165, 1.54) is 22.9 Å². The lowest BCUT2D eigenvalue weighted by Crippen LogP contribution is -2.26. The van der Waals surface area contributed by atoms with Gasteiger partial charge in [-0.3, -0.25) is 9.36 Å². The molecule has 1 amide bonds. The van der Waals surface area contributed by atoms with E-state index in [4.69, 9.17) is 23.2 Å². The molecule has 0 bridgehead atoms. The molecule has 0 spiro atoms. The van der Waals surface area contributed by atoms with E-state index in [9.17, 15) is 4.79 Å². The van der Waals surface area contributed by atoms with Crippen molar-refractivity contribution >= 4 is 52.6 Å². The van der Waals surface area contributed by atoms with Crippen LogP contribution in [-0.4, -0.2) is 26.4 Å². The number of carbonyl (C=O) groups is 1. The van der Waals surface area contributed by atoms with Gasteiger partial charge in [0.15, 0.2) is 11.0 Å². The first-order valence-corrected chi connectivity index (χ1v) is 13.2. The fraction of sp³-hybridized carbons (Fsp3) is 0.160. The van der Waals surface area contributed by atoms with Crippen LogP contribution in [0.2, 0.25) is 10.0 Å². The maximum Gasteiger partial charge on any atom is 0.230 e. The van der Waals surface area contributed by atoms with E-state index in [-0.39, 0.29) is 12.5 Å². The smallest absolute Gasteiger partial charge is 0.230 e. The fourth-order valence-corrected chi connectivity index (χ4v) is 5.41. The first-order chi connectivity index (χ1) is 16.5. The summed E-state index contributed by atoms with van der Waals surface area (Å²) in [7, 11) is 0. The molecule has 3 aromatic carbocycles. The number of thioether (sulfide) groups is 2. The number of hydrogen-bond acceptors (Lipinski definition) is 5. The van der Waals surface area contributed by atoms with Gasteiger partial charge in [-0.25, -0.2) is 0 Å². The maximum absolute atomic E-state index is 12.5. The highest BCUT2D eigenvalue weighted by Gasteiger charge is 2.18. The molecule has 1 heterocycles. The van der Waals surface area contributed by atoms with Crippen molar-refractivity contribution in [3.05, 3.63) is 99.8 Å². The van der Waals surface area contributed by atoms with Crippen molar-refractivity contribution < 1.29 is 4.79 Å².